The molecule has 0 aromatic rings. The molecule has 2 heterocycles. The van der Waals surface area contributed by atoms with E-state index < -0.39 is 0 Å². The van der Waals surface area contributed by atoms with Crippen molar-refractivity contribution in [3.8, 4) is 0 Å². The summed E-state index contributed by atoms with van der Waals surface area (Å²) in [6.45, 7) is 11.0. The summed E-state index contributed by atoms with van der Waals surface area (Å²) < 4.78 is 5.60. The molecule has 0 aliphatic carbocycles. The van der Waals surface area contributed by atoms with Crippen molar-refractivity contribution in [2.75, 3.05) is 13.2 Å². The van der Waals surface area contributed by atoms with Crippen molar-refractivity contribution in [2.45, 2.75) is 76.6 Å². The molecular weight excluding hydrogens is 270 g/mol. The van der Waals surface area contributed by atoms with Gasteiger partial charge in [0.2, 0.25) is 0 Å². The van der Waals surface area contributed by atoms with Gasteiger partial charge in [-0.15, -0.1) is 0 Å². The molecule has 20 heavy (non-hydrogen) atoms. The zero-order valence-electron chi connectivity index (χ0n) is 13.3. The minimum absolute atomic E-state index is 0.267. The van der Waals surface area contributed by atoms with Crippen molar-refractivity contribution in [3.63, 3.8) is 0 Å². The van der Waals surface area contributed by atoms with Gasteiger partial charge in [-0.3, -0.25) is 0 Å². The van der Waals surface area contributed by atoms with Crippen molar-refractivity contribution in [3.05, 3.63) is 0 Å². The molecule has 5 heteroatoms. The van der Waals surface area contributed by atoms with Crippen LogP contribution in [0.3, 0.4) is 0 Å². The third kappa shape index (κ3) is 4.86. The van der Waals surface area contributed by atoms with Crippen LogP contribution in [-0.4, -0.2) is 41.5 Å². The van der Waals surface area contributed by atoms with Gasteiger partial charge < -0.3 is 20.7 Å². The van der Waals surface area contributed by atoms with Crippen LogP contribution in [0.15, 0.2) is 0 Å². The minimum Gasteiger partial charge on any atom is -0.376 e. The Balaban J connectivity index is 1.78. The quantitative estimate of drug-likeness (QED) is 0.678. The summed E-state index contributed by atoms with van der Waals surface area (Å²) in [6.07, 6.45) is 4.93. The minimum atomic E-state index is 0.267. The molecule has 0 amide bonds. The molecule has 0 bridgehead atoms. The molecule has 116 valence electrons. The van der Waals surface area contributed by atoms with Crippen LogP contribution >= 0.6 is 12.2 Å². The van der Waals surface area contributed by atoms with E-state index in [0.717, 1.165) is 37.5 Å². The first-order valence-electron chi connectivity index (χ1n) is 7.79. The van der Waals surface area contributed by atoms with Gasteiger partial charge in [0, 0.05) is 32.0 Å². The molecular formula is C15H30N3OS+. The number of rotatable bonds is 3. The summed E-state index contributed by atoms with van der Waals surface area (Å²) in [5.41, 5.74) is 0.535. The van der Waals surface area contributed by atoms with Crippen LogP contribution in [0.2, 0.25) is 0 Å². The largest absolute Gasteiger partial charge is 0.376 e. The van der Waals surface area contributed by atoms with E-state index in [1.165, 1.54) is 6.42 Å². The molecule has 2 fully saturated rings. The van der Waals surface area contributed by atoms with Crippen molar-refractivity contribution in [2.24, 2.45) is 0 Å². The summed E-state index contributed by atoms with van der Waals surface area (Å²) in [5.74, 6) is 0. The van der Waals surface area contributed by atoms with Crippen molar-refractivity contribution in [1.82, 2.24) is 10.6 Å². The smallest absolute Gasteiger partial charge is 0.166 e. The Morgan fingerprint density at radius 2 is 1.90 bits per heavy atom. The van der Waals surface area contributed by atoms with E-state index in [1.54, 1.807) is 0 Å². The van der Waals surface area contributed by atoms with Crippen LogP contribution in [-0.2, 0) is 4.74 Å². The fourth-order valence-electron chi connectivity index (χ4n) is 3.87. The molecule has 1 atom stereocenters. The predicted molar refractivity (Wildman–Crippen MR) is 85.8 cm³/mol. The van der Waals surface area contributed by atoms with E-state index >= 15 is 0 Å². The van der Waals surface area contributed by atoms with Crippen LogP contribution in [0.4, 0.5) is 0 Å². The highest BCUT2D eigenvalue weighted by atomic mass is 32.1. The van der Waals surface area contributed by atoms with Gasteiger partial charge in [0.1, 0.15) is 0 Å². The van der Waals surface area contributed by atoms with Gasteiger partial charge in [-0.1, -0.05) is 0 Å². The highest BCUT2D eigenvalue weighted by molar-refractivity contribution is 7.80. The summed E-state index contributed by atoms with van der Waals surface area (Å²) in [4.78, 5) is 0. The standard InChI is InChI=1S/C15H29N3OS/c1-14(2)8-11(9-15(3,4)18-14)17-13(20)16-10-12-6-5-7-19-12/h11-12,18H,5-10H2,1-4H3,(H2,16,17,20)/p+1/t12-/m1/s1. The Morgan fingerprint density at radius 3 is 2.45 bits per heavy atom. The van der Waals surface area contributed by atoms with Crippen molar-refractivity contribution >= 4 is 17.3 Å². The molecule has 0 unspecified atom stereocenters. The second kappa shape index (κ2) is 6.16. The number of thiocarbonyl (C=S) groups is 1. The molecule has 2 aliphatic rings. The first kappa shape index (κ1) is 16.0. The molecule has 4 nitrogen and oxygen atoms in total. The van der Waals surface area contributed by atoms with Gasteiger partial charge in [0.05, 0.1) is 17.2 Å². The third-order valence-electron chi connectivity index (χ3n) is 4.18. The topological polar surface area (TPSA) is 49.9 Å². The highest BCUT2D eigenvalue weighted by Crippen LogP contribution is 2.21. The maximum atomic E-state index is 5.60. The second-order valence-corrected chi connectivity index (χ2v) is 8.12. The Labute approximate surface area is 128 Å². The zero-order chi connectivity index (χ0) is 14.8. The summed E-state index contributed by atoms with van der Waals surface area (Å²) in [7, 11) is 0. The van der Waals surface area contributed by atoms with Crippen LogP contribution in [0.25, 0.3) is 0 Å². The summed E-state index contributed by atoms with van der Waals surface area (Å²) in [5, 5.41) is 10.1. The number of quaternary nitrogens is 1. The lowest BCUT2D eigenvalue weighted by Gasteiger charge is -2.43. The fourth-order valence-corrected chi connectivity index (χ4v) is 4.12. The van der Waals surface area contributed by atoms with Crippen molar-refractivity contribution < 1.29 is 10.1 Å². The van der Waals surface area contributed by atoms with E-state index in [4.69, 9.17) is 17.0 Å². The number of piperidine rings is 1. The molecule has 0 aromatic carbocycles. The fraction of sp³-hybridized carbons (Fsp3) is 0.933. The van der Waals surface area contributed by atoms with Gasteiger partial charge in [0.25, 0.3) is 0 Å². The van der Waals surface area contributed by atoms with Crippen LogP contribution in [0, 0.1) is 0 Å². The van der Waals surface area contributed by atoms with E-state index in [9.17, 15) is 0 Å². The van der Waals surface area contributed by atoms with Crippen LogP contribution in [0.1, 0.15) is 53.4 Å². The monoisotopic (exact) mass is 300 g/mol. The maximum absolute atomic E-state index is 5.60. The number of ether oxygens (including phenoxy) is 1. The third-order valence-corrected chi connectivity index (χ3v) is 4.44. The van der Waals surface area contributed by atoms with Crippen LogP contribution in [0.5, 0.6) is 0 Å². The number of hydrogen-bond donors (Lipinski definition) is 3. The predicted octanol–water partition coefficient (Wildman–Crippen LogP) is 0.913. The molecule has 2 saturated heterocycles. The molecule has 2 aliphatic heterocycles. The first-order chi connectivity index (χ1) is 9.26. The lowest BCUT2D eigenvalue weighted by molar-refractivity contribution is -0.787. The van der Waals surface area contributed by atoms with Gasteiger partial charge >= 0.3 is 0 Å². The number of nitrogens with two attached hydrogens (primary N) is 1. The van der Waals surface area contributed by atoms with E-state index in [-0.39, 0.29) is 11.1 Å². The lowest BCUT2D eigenvalue weighted by Crippen LogP contribution is -3.06. The second-order valence-electron chi connectivity index (χ2n) is 7.72. The number of hydrogen-bond acceptors (Lipinski definition) is 2. The summed E-state index contributed by atoms with van der Waals surface area (Å²) in [6, 6.07) is 0.453. The Hall–Kier alpha value is -0.390. The average molecular weight is 300 g/mol. The molecule has 4 N–H and O–H groups in total. The van der Waals surface area contributed by atoms with Crippen LogP contribution < -0.4 is 16.0 Å². The van der Waals surface area contributed by atoms with Gasteiger partial charge in [-0.2, -0.15) is 0 Å². The lowest BCUT2D eigenvalue weighted by atomic mass is 9.80. The van der Waals surface area contributed by atoms with Gasteiger partial charge in [-0.25, -0.2) is 0 Å². The molecule has 0 saturated carbocycles. The maximum Gasteiger partial charge on any atom is 0.166 e. The molecule has 2 rings (SSSR count). The molecule has 0 radical (unpaired) electrons. The van der Waals surface area contributed by atoms with E-state index in [0.29, 0.717) is 12.1 Å². The Bertz CT molecular complexity index is 335. The average Bonchev–Trinajstić information content (AvgIpc) is 2.74. The zero-order valence-corrected chi connectivity index (χ0v) is 14.1. The van der Waals surface area contributed by atoms with Gasteiger partial charge in [0.15, 0.2) is 5.11 Å². The molecule has 0 aromatic heterocycles. The SMILES string of the molecule is CC1(C)CC(NC(=S)NC[C@H]2CCCO2)CC(C)(C)[NH2+]1. The first-order valence-corrected chi connectivity index (χ1v) is 8.20. The Morgan fingerprint density at radius 1 is 1.25 bits per heavy atom. The molecule has 0 spiro atoms. The van der Waals surface area contributed by atoms with Crippen molar-refractivity contribution in [1.29, 1.82) is 0 Å². The Kier molecular flexibility index (Phi) is 4.92. The normalized spacial score (nSPS) is 29.1. The highest BCUT2D eigenvalue weighted by Gasteiger charge is 2.41. The summed E-state index contributed by atoms with van der Waals surface area (Å²) >= 11 is 5.43. The van der Waals surface area contributed by atoms with E-state index in [2.05, 4.69) is 43.6 Å². The van der Waals surface area contributed by atoms with E-state index in [1.807, 2.05) is 0 Å². The number of nitrogens with one attached hydrogen (secondary N) is 2. The van der Waals surface area contributed by atoms with Gasteiger partial charge in [-0.05, 0) is 52.8 Å².